The van der Waals surface area contributed by atoms with Crippen LogP contribution in [-0.2, 0) is 6.54 Å². The van der Waals surface area contributed by atoms with Gasteiger partial charge in [-0.05, 0) is 13.0 Å². The molecule has 7 heteroatoms. The van der Waals surface area contributed by atoms with Gasteiger partial charge >= 0.3 is 0 Å². The van der Waals surface area contributed by atoms with Crippen molar-refractivity contribution in [3.63, 3.8) is 0 Å². The molecule has 19 heavy (non-hydrogen) atoms. The third kappa shape index (κ3) is 3.03. The van der Waals surface area contributed by atoms with Crippen LogP contribution in [0.3, 0.4) is 0 Å². The molecule has 0 aliphatic rings. The average Bonchev–Trinajstić information content (AvgIpc) is 2.81. The molecule has 0 aromatic carbocycles. The largest absolute Gasteiger partial charge is 0.372 e. The van der Waals surface area contributed by atoms with Crippen LogP contribution < -0.4 is 10.6 Å². The number of aryl methyl sites for hydroxylation is 1. The SMILES string of the molecule is CNc1ncc(C(=O)NCc2cn[nH]c2C)cc1Cl. The molecule has 0 saturated carbocycles. The van der Waals surface area contributed by atoms with E-state index in [0.29, 0.717) is 22.9 Å². The molecular formula is C12H14ClN5O. The van der Waals surface area contributed by atoms with Crippen molar-refractivity contribution in [2.75, 3.05) is 12.4 Å². The van der Waals surface area contributed by atoms with E-state index in [1.807, 2.05) is 6.92 Å². The number of rotatable bonds is 4. The second-order valence-corrected chi connectivity index (χ2v) is 4.41. The third-order valence-electron chi connectivity index (χ3n) is 2.71. The number of nitrogens with one attached hydrogen (secondary N) is 3. The minimum atomic E-state index is -0.224. The quantitative estimate of drug-likeness (QED) is 0.796. The topological polar surface area (TPSA) is 82.7 Å². The third-order valence-corrected chi connectivity index (χ3v) is 3.00. The number of aromatic nitrogens is 3. The first-order valence-corrected chi connectivity index (χ1v) is 6.10. The van der Waals surface area contributed by atoms with Gasteiger partial charge in [-0.15, -0.1) is 0 Å². The summed E-state index contributed by atoms with van der Waals surface area (Å²) in [4.78, 5) is 16.0. The minimum absolute atomic E-state index is 0.224. The molecule has 0 aliphatic carbocycles. The van der Waals surface area contributed by atoms with E-state index in [0.717, 1.165) is 11.3 Å². The highest BCUT2D eigenvalue weighted by Gasteiger charge is 2.10. The number of halogens is 1. The first kappa shape index (κ1) is 13.4. The van der Waals surface area contributed by atoms with Crippen molar-refractivity contribution in [2.24, 2.45) is 0 Å². The molecule has 100 valence electrons. The van der Waals surface area contributed by atoms with Crippen LogP contribution in [-0.4, -0.2) is 28.1 Å². The van der Waals surface area contributed by atoms with Crippen LogP contribution in [0.4, 0.5) is 5.82 Å². The van der Waals surface area contributed by atoms with Gasteiger partial charge in [0.25, 0.3) is 5.91 Å². The Balaban J connectivity index is 2.04. The van der Waals surface area contributed by atoms with Gasteiger partial charge in [-0.2, -0.15) is 5.10 Å². The van der Waals surface area contributed by atoms with Crippen molar-refractivity contribution < 1.29 is 4.79 Å². The summed E-state index contributed by atoms with van der Waals surface area (Å²) in [5, 5.41) is 12.7. The maximum atomic E-state index is 11.9. The molecule has 6 nitrogen and oxygen atoms in total. The monoisotopic (exact) mass is 279 g/mol. The maximum Gasteiger partial charge on any atom is 0.253 e. The van der Waals surface area contributed by atoms with Crippen molar-refractivity contribution in [1.29, 1.82) is 0 Å². The molecule has 0 saturated heterocycles. The van der Waals surface area contributed by atoms with Crippen molar-refractivity contribution in [3.05, 3.63) is 40.3 Å². The lowest BCUT2D eigenvalue weighted by Gasteiger charge is -2.06. The van der Waals surface area contributed by atoms with E-state index >= 15 is 0 Å². The van der Waals surface area contributed by atoms with E-state index in [1.54, 1.807) is 19.3 Å². The molecule has 0 aliphatic heterocycles. The van der Waals surface area contributed by atoms with Gasteiger partial charge in [0.2, 0.25) is 0 Å². The molecule has 3 N–H and O–H groups in total. The predicted molar refractivity (Wildman–Crippen MR) is 73.3 cm³/mol. The van der Waals surface area contributed by atoms with E-state index in [4.69, 9.17) is 11.6 Å². The van der Waals surface area contributed by atoms with Crippen molar-refractivity contribution in [1.82, 2.24) is 20.5 Å². The van der Waals surface area contributed by atoms with Gasteiger partial charge in [0.15, 0.2) is 0 Å². The summed E-state index contributed by atoms with van der Waals surface area (Å²) >= 11 is 5.98. The highest BCUT2D eigenvalue weighted by molar-refractivity contribution is 6.33. The van der Waals surface area contributed by atoms with Crippen LogP contribution in [0.2, 0.25) is 5.02 Å². The molecule has 0 radical (unpaired) electrons. The summed E-state index contributed by atoms with van der Waals surface area (Å²) in [6.07, 6.45) is 3.17. The van der Waals surface area contributed by atoms with Gasteiger partial charge in [0.1, 0.15) is 5.82 Å². The van der Waals surface area contributed by atoms with Crippen LogP contribution in [0, 0.1) is 6.92 Å². The van der Waals surface area contributed by atoms with Crippen LogP contribution in [0.5, 0.6) is 0 Å². The van der Waals surface area contributed by atoms with Gasteiger partial charge in [0.05, 0.1) is 16.8 Å². The number of amides is 1. The highest BCUT2D eigenvalue weighted by atomic mass is 35.5. The molecule has 2 rings (SSSR count). The zero-order valence-electron chi connectivity index (χ0n) is 10.6. The van der Waals surface area contributed by atoms with Gasteiger partial charge in [-0.3, -0.25) is 9.89 Å². The fraction of sp³-hybridized carbons (Fsp3) is 0.250. The number of pyridine rings is 1. The lowest BCUT2D eigenvalue weighted by molar-refractivity contribution is 0.0950. The molecule has 2 heterocycles. The second-order valence-electron chi connectivity index (χ2n) is 4.01. The Kier molecular flexibility index (Phi) is 4.01. The number of nitrogens with zero attached hydrogens (tertiary/aromatic N) is 2. The molecule has 2 aromatic rings. The summed E-state index contributed by atoms with van der Waals surface area (Å²) in [6, 6.07) is 1.58. The fourth-order valence-electron chi connectivity index (χ4n) is 1.58. The Morgan fingerprint density at radius 3 is 2.84 bits per heavy atom. The molecule has 2 aromatic heterocycles. The van der Waals surface area contributed by atoms with Crippen LogP contribution in [0.15, 0.2) is 18.5 Å². The Morgan fingerprint density at radius 2 is 2.26 bits per heavy atom. The van der Waals surface area contributed by atoms with E-state index in [-0.39, 0.29) is 5.91 Å². The Hall–Kier alpha value is -2.08. The number of anilines is 1. The molecular weight excluding hydrogens is 266 g/mol. The summed E-state index contributed by atoms with van der Waals surface area (Å²) in [7, 11) is 1.72. The number of aromatic amines is 1. The predicted octanol–water partition coefficient (Wildman–Crippen LogP) is 1.74. The molecule has 0 bridgehead atoms. The maximum absolute atomic E-state index is 11.9. The van der Waals surface area contributed by atoms with E-state index in [9.17, 15) is 4.79 Å². The minimum Gasteiger partial charge on any atom is -0.372 e. The summed E-state index contributed by atoms with van der Waals surface area (Å²) < 4.78 is 0. The van der Waals surface area contributed by atoms with Crippen molar-refractivity contribution in [3.8, 4) is 0 Å². The van der Waals surface area contributed by atoms with Crippen LogP contribution in [0.25, 0.3) is 0 Å². The summed E-state index contributed by atoms with van der Waals surface area (Å²) in [5.41, 5.74) is 2.30. The first-order chi connectivity index (χ1) is 9.11. The Labute approximate surface area is 115 Å². The van der Waals surface area contributed by atoms with Crippen LogP contribution in [0.1, 0.15) is 21.6 Å². The second kappa shape index (κ2) is 5.71. The number of hydrogen-bond donors (Lipinski definition) is 3. The fourth-order valence-corrected chi connectivity index (χ4v) is 1.84. The molecule has 0 atom stereocenters. The standard InChI is InChI=1S/C12H14ClN5O/c1-7-9(6-17-18-7)5-16-12(19)8-3-10(13)11(14-2)15-4-8/h3-4,6H,5H2,1-2H3,(H,14,15)(H,16,19)(H,17,18). The molecule has 0 fully saturated rings. The average molecular weight is 280 g/mol. The number of carbonyl (C=O) groups is 1. The molecule has 0 spiro atoms. The van der Waals surface area contributed by atoms with Gasteiger partial charge in [-0.1, -0.05) is 11.6 Å². The van der Waals surface area contributed by atoms with Crippen molar-refractivity contribution >= 4 is 23.3 Å². The van der Waals surface area contributed by atoms with Gasteiger partial charge in [0, 0.05) is 31.0 Å². The Bertz CT molecular complexity index is 596. The number of hydrogen-bond acceptors (Lipinski definition) is 4. The van der Waals surface area contributed by atoms with Crippen molar-refractivity contribution in [2.45, 2.75) is 13.5 Å². The van der Waals surface area contributed by atoms with E-state index in [2.05, 4.69) is 25.8 Å². The number of carbonyl (C=O) groups excluding carboxylic acids is 1. The van der Waals surface area contributed by atoms with E-state index in [1.165, 1.54) is 6.20 Å². The zero-order chi connectivity index (χ0) is 13.8. The highest BCUT2D eigenvalue weighted by Crippen LogP contribution is 2.19. The lowest BCUT2D eigenvalue weighted by Crippen LogP contribution is -2.23. The summed E-state index contributed by atoms with van der Waals surface area (Å²) in [6.45, 7) is 2.31. The lowest BCUT2D eigenvalue weighted by atomic mass is 10.2. The number of H-pyrrole nitrogens is 1. The Morgan fingerprint density at radius 1 is 1.47 bits per heavy atom. The van der Waals surface area contributed by atoms with Gasteiger partial charge in [-0.25, -0.2) is 4.98 Å². The van der Waals surface area contributed by atoms with Crippen LogP contribution >= 0.6 is 11.6 Å². The van der Waals surface area contributed by atoms with Gasteiger partial charge < -0.3 is 10.6 Å². The zero-order valence-corrected chi connectivity index (χ0v) is 11.4. The molecule has 0 unspecified atom stereocenters. The summed E-state index contributed by atoms with van der Waals surface area (Å²) in [5.74, 6) is 0.321. The van der Waals surface area contributed by atoms with E-state index < -0.39 is 0 Å². The normalized spacial score (nSPS) is 10.3. The first-order valence-electron chi connectivity index (χ1n) is 5.72. The molecule has 1 amide bonds. The smallest absolute Gasteiger partial charge is 0.253 e.